The molecule has 5 nitrogen and oxygen atoms in total. The third-order valence-electron chi connectivity index (χ3n) is 4.68. The fourth-order valence-corrected chi connectivity index (χ4v) is 3.27. The number of hydrogen-bond donors (Lipinski definition) is 1. The first kappa shape index (κ1) is 16.1. The number of fused-ring (bicyclic) bond motifs is 1. The predicted octanol–water partition coefficient (Wildman–Crippen LogP) is 3.99. The fraction of sp³-hybridized carbons (Fsp3) is 0.316. The van der Waals surface area contributed by atoms with Gasteiger partial charge in [0.25, 0.3) is 5.91 Å². The van der Waals surface area contributed by atoms with Crippen molar-refractivity contribution in [1.29, 1.82) is 0 Å². The van der Waals surface area contributed by atoms with Gasteiger partial charge in [0.05, 0.1) is 11.6 Å². The standard InChI is InChI=1S/C19H19ClN4O/c1-2-24-17-10-7-14(11-16(17)22-23-24)19(25)21-18(12-3-4-12)13-5-8-15(20)9-6-13/h5-12,18H,2-4H2,1H3,(H,21,25). The summed E-state index contributed by atoms with van der Waals surface area (Å²) in [6, 6.07) is 13.3. The molecule has 2 aromatic carbocycles. The summed E-state index contributed by atoms with van der Waals surface area (Å²) in [6.07, 6.45) is 2.27. The maximum Gasteiger partial charge on any atom is 0.251 e. The average Bonchev–Trinajstić information content (AvgIpc) is 3.39. The lowest BCUT2D eigenvalue weighted by atomic mass is 10.0. The minimum absolute atomic E-state index is 0.0202. The van der Waals surface area contributed by atoms with E-state index in [0.29, 0.717) is 16.5 Å². The quantitative estimate of drug-likeness (QED) is 0.753. The van der Waals surface area contributed by atoms with Crippen molar-refractivity contribution in [3.63, 3.8) is 0 Å². The molecule has 1 unspecified atom stereocenters. The molecule has 0 aliphatic heterocycles. The molecule has 1 amide bonds. The van der Waals surface area contributed by atoms with Gasteiger partial charge in [0, 0.05) is 17.1 Å². The highest BCUT2D eigenvalue weighted by atomic mass is 35.5. The summed E-state index contributed by atoms with van der Waals surface area (Å²) in [4.78, 5) is 12.8. The molecule has 3 aromatic rings. The van der Waals surface area contributed by atoms with E-state index in [4.69, 9.17) is 11.6 Å². The molecule has 0 saturated heterocycles. The van der Waals surface area contributed by atoms with Gasteiger partial charge in [-0.2, -0.15) is 0 Å². The van der Waals surface area contributed by atoms with E-state index in [1.807, 2.05) is 48.0 Å². The largest absolute Gasteiger partial charge is 0.345 e. The molecule has 1 N–H and O–H groups in total. The van der Waals surface area contributed by atoms with Crippen molar-refractivity contribution in [2.24, 2.45) is 5.92 Å². The molecule has 128 valence electrons. The van der Waals surface area contributed by atoms with Crippen LogP contribution in [0.2, 0.25) is 5.02 Å². The van der Waals surface area contributed by atoms with Crippen LogP contribution >= 0.6 is 11.6 Å². The summed E-state index contributed by atoms with van der Waals surface area (Å²) >= 11 is 5.98. The zero-order valence-corrected chi connectivity index (χ0v) is 14.7. The number of carbonyl (C=O) groups is 1. The van der Waals surface area contributed by atoms with Crippen LogP contribution in [-0.2, 0) is 6.54 Å². The molecule has 0 spiro atoms. The van der Waals surface area contributed by atoms with Crippen molar-refractivity contribution in [3.05, 3.63) is 58.6 Å². The Labute approximate surface area is 151 Å². The minimum Gasteiger partial charge on any atom is -0.345 e. The number of nitrogens with zero attached hydrogens (tertiary/aromatic N) is 3. The predicted molar refractivity (Wildman–Crippen MR) is 97.6 cm³/mol. The number of aromatic nitrogens is 3. The highest BCUT2D eigenvalue weighted by Crippen LogP contribution is 2.41. The van der Waals surface area contributed by atoms with Crippen molar-refractivity contribution >= 4 is 28.5 Å². The van der Waals surface area contributed by atoms with Crippen molar-refractivity contribution in [2.45, 2.75) is 32.4 Å². The molecule has 1 aliphatic rings. The second kappa shape index (κ2) is 6.48. The lowest BCUT2D eigenvalue weighted by Crippen LogP contribution is -2.29. The van der Waals surface area contributed by atoms with Crippen LogP contribution in [0.5, 0.6) is 0 Å². The van der Waals surface area contributed by atoms with Gasteiger partial charge in [-0.25, -0.2) is 4.68 Å². The number of nitrogens with one attached hydrogen (secondary N) is 1. The molecule has 1 atom stereocenters. The van der Waals surface area contributed by atoms with Gasteiger partial charge >= 0.3 is 0 Å². The van der Waals surface area contributed by atoms with Crippen LogP contribution < -0.4 is 5.32 Å². The zero-order valence-electron chi connectivity index (χ0n) is 13.9. The Hall–Kier alpha value is -2.40. The maximum absolute atomic E-state index is 12.8. The van der Waals surface area contributed by atoms with Gasteiger partial charge in [0.2, 0.25) is 0 Å². The van der Waals surface area contributed by atoms with Crippen LogP contribution in [0, 0.1) is 5.92 Å². The number of hydrogen-bond acceptors (Lipinski definition) is 3. The van der Waals surface area contributed by atoms with E-state index in [2.05, 4.69) is 15.6 Å². The van der Waals surface area contributed by atoms with E-state index in [9.17, 15) is 4.79 Å². The van der Waals surface area contributed by atoms with E-state index in [1.54, 1.807) is 6.07 Å². The molecule has 0 bridgehead atoms. The van der Waals surface area contributed by atoms with Crippen LogP contribution in [0.4, 0.5) is 0 Å². The molecule has 1 aliphatic carbocycles. The maximum atomic E-state index is 12.8. The van der Waals surface area contributed by atoms with Crippen LogP contribution in [0.15, 0.2) is 42.5 Å². The third-order valence-corrected chi connectivity index (χ3v) is 4.94. The number of halogens is 1. The van der Waals surface area contributed by atoms with E-state index >= 15 is 0 Å². The Kier molecular flexibility index (Phi) is 4.17. The normalized spacial score (nSPS) is 15.3. The first-order chi connectivity index (χ1) is 12.2. The number of carbonyl (C=O) groups excluding carboxylic acids is 1. The molecule has 1 saturated carbocycles. The van der Waals surface area contributed by atoms with E-state index in [0.717, 1.165) is 36.0 Å². The smallest absolute Gasteiger partial charge is 0.251 e. The monoisotopic (exact) mass is 354 g/mol. The Morgan fingerprint density at radius 1 is 1.28 bits per heavy atom. The van der Waals surface area contributed by atoms with Gasteiger partial charge in [-0.05, 0) is 61.6 Å². The highest BCUT2D eigenvalue weighted by molar-refractivity contribution is 6.30. The summed E-state index contributed by atoms with van der Waals surface area (Å²) < 4.78 is 1.82. The minimum atomic E-state index is -0.0835. The second-order valence-corrected chi connectivity index (χ2v) is 6.89. The fourth-order valence-electron chi connectivity index (χ4n) is 3.14. The van der Waals surface area contributed by atoms with Crippen molar-refractivity contribution < 1.29 is 4.79 Å². The summed E-state index contributed by atoms with van der Waals surface area (Å²) in [5.41, 5.74) is 3.38. The van der Waals surface area contributed by atoms with E-state index in [1.165, 1.54) is 0 Å². The summed E-state index contributed by atoms with van der Waals surface area (Å²) in [5.74, 6) is 0.412. The molecule has 4 rings (SSSR count). The van der Waals surface area contributed by atoms with Crippen molar-refractivity contribution in [3.8, 4) is 0 Å². The van der Waals surface area contributed by atoms with Gasteiger partial charge in [0.15, 0.2) is 0 Å². The Balaban J connectivity index is 1.58. The SMILES string of the molecule is CCn1nnc2cc(C(=O)NC(c3ccc(Cl)cc3)C3CC3)ccc21. The van der Waals surface area contributed by atoms with E-state index < -0.39 is 0 Å². The molecule has 6 heteroatoms. The van der Waals surface area contributed by atoms with Crippen LogP contribution in [0.25, 0.3) is 11.0 Å². The lowest BCUT2D eigenvalue weighted by Gasteiger charge is -2.19. The number of aryl methyl sites for hydroxylation is 1. The van der Waals surface area contributed by atoms with Crippen molar-refractivity contribution in [2.75, 3.05) is 0 Å². The first-order valence-electron chi connectivity index (χ1n) is 8.55. The van der Waals surface area contributed by atoms with Gasteiger partial charge < -0.3 is 5.32 Å². The molecule has 25 heavy (non-hydrogen) atoms. The molecule has 1 fully saturated rings. The van der Waals surface area contributed by atoms with E-state index in [-0.39, 0.29) is 11.9 Å². The van der Waals surface area contributed by atoms with Crippen molar-refractivity contribution in [1.82, 2.24) is 20.3 Å². The summed E-state index contributed by atoms with van der Waals surface area (Å²) in [5, 5.41) is 12.1. The number of rotatable bonds is 5. The highest BCUT2D eigenvalue weighted by Gasteiger charge is 2.33. The molecular weight excluding hydrogens is 336 g/mol. The Morgan fingerprint density at radius 2 is 2.04 bits per heavy atom. The molecule has 0 radical (unpaired) electrons. The third kappa shape index (κ3) is 3.24. The molecule has 1 heterocycles. The molecule has 1 aromatic heterocycles. The Morgan fingerprint density at radius 3 is 2.72 bits per heavy atom. The van der Waals surface area contributed by atoms with Gasteiger partial charge in [-0.15, -0.1) is 5.10 Å². The topological polar surface area (TPSA) is 59.8 Å². The zero-order chi connectivity index (χ0) is 17.4. The van der Waals surface area contributed by atoms with Crippen LogP contribution in [-0.4, -0.2) is 20.9 Å². The second-order valence-electron chi connectivity index (χ2n) is 6.45. The number of benzene rings is 2. The lowest BCUT2D eigenvalue weighted by molar-refractivity contribution is 0.0932. The van der Waals surface area contributed by atoms with Gasteiger partial charge in [0.1, 0.15) is 5.52 Å². The molecular formula is C19H19ClN4O. The average molecular weight is 355 g/mol. The first-order valence-corrected chi connectivity index (χ1v) is 8.93. The Bertz CT molecular complexity index is 915. The van der Waals surface area contributed by atoms with Crippen LogP contribution in [0.3, 0.4) is 0 Å². The number of amides is 1. The van der Waals surface area contributed by atoms with Gasteiger partial charge in [-0.3, -0.25) is 4.79 Å². The van der Waals surface area contributed by atoms with Gasteiger partial charge in [-0.1, -0.05) is 28.9 Å². The summed E-state index contributed by atoms with van der Waals surface area (Å²) in [6.45, 7) is 2.77. The van der Waals surface area contributed by atoms with Crippen LogP contribution in [0.1, 0.15) is 41.7 Å². The summed E-state index contributed by atoms with van der Waals surface area (Å²) in [7, 11) is 0.